The second kappa shape index (κ2) is 7.96. The Balaban J connectivity index is 1.51. The van der Waals surface area contributed by atoms with Gasteiger partial charge in [-0.1, -0.05) is 30.3 Å². The number of hydrogen-bond donors (Lipinski definition) is 1. The highest BCUT2D eigenvalue weighted by molar-refractivity contribution is 7.89. The van der Waals surface area contributed by atoms with Gasteiger partial charge in [-0.25, -0.2) is 18.4 Å². The van der Waals surface area contributed by atoms with Crippen LogP contribution in [0.25, 0.3) is 10.8 Å². The number of aryl methyl sites for hydroxylation is 1. The summed E-state index contributed by atoms with van der Waals surface area (Å²) >= 11 is 0. The van der Waals surface area contributed by atoms with Crippen LogP contribution in [-0.4, -0.2) is 55.4 Å². The summed E-state index contributed by atoms with van der Waals surface area (Å²) in [5.41, 5.74) is 0. The van der Waals surface area contributed by atoms with E-state index >= 15 is 0 Å². The number of nitrogens with zero attached hydrogens (tertiary/aromatic N) is 4. The Bertz CT molecular complexity index is 1120. The Morgan fingerprint density at radius 2 is 1.69 bits per heavy atom. The van der Waals surface area contributed by atoms with Crippen molar-refractivity contribution in [1.29, 1.82) is 0 Å². The topological polar surface area (TPSA) is 78.4 Å². The standard InChI is InChI=1S/C21H25N5O2S/c1-3-22-20-15-21(24-16(2)23-20)25-10-12-26(13-11-25)29(27,28)19-9-8-17-6-4-5-7-18(17)14-19/h4-9,14-15H,3,10-13H2,1-2H3,(H,22,23,24). The highest BCUT2D eigenvalue weighted by atomic mass is 32.2. The molecule has 1 aliphatic heterocycles. The lowest BCUT2D eigenvalue weighted by atomic mass is 10.1. The fraction of sp³-hybridized carbons (Fsp3) is 0.333. The lowest BCUT2D eigenvalue weighted by Crippen LogP contribution is -2.49. The summed E-state index contributed by atoms with van der Waals surface area (Å²) in [6, 6.07) is 15.0. The predicted octanol–water partition coefficient (Wildman–Crippen LogP) is 2.88. The van der Waals surface area contributed by atoms with Gasteiger partial charge in [0.1, 0.15) is 17.5 Å². The van der Waals surface area contributed by atoms with E-state index in [-0.39, 0.29) is 0 Å². The van der Waals surface area contributed by atoms with E-state index in [4.69, 9.17) is 0 Å². The molecule has 4 rings (SSSR count). The number of sulfonamides is 1. The summed E-state index contributed by atoms with van der Waals surface area (Å²) in [6.45, 7) is 6.71. The molecule has 1 N–H and O–H groups in total. The number of piperazine rings is 1. The molecule has 0 unspecified atom stereocenters. The minimum atomic E-state index is -3.52. The first-order chi connectivity index (χ1) is 14.0. The molecule has 0 aliphatic carbocycles. The van der Waals surface area contributed by atoms with Gasteiger partial charge in [0.25, 0.3) is 0 Å². The smallest absolute Gasteiger partial charge is 0.243 e. The normalized spacial score (nSPS) is 15.6. The van der Waals surface area contributed by atoms with Gasteiger partial charge in [0.05, 0.1) is 4.90 Å². The maximum absolute atomic E-state index is 13.1. The monoisotopic (exact) mass is 411 g/mol. The largest absolute Gasteiger partial charge is 0.370 e. The molecule has 0 radical (unpaired) electrons. The van der Waals surface area contributed by atoms with E-state index in [2.05, 4.69) is 20.2 Å². The zero-order chi connectivity index (χ0) is 20.4. The first-order valence-electron chi connectivity index (χ1n) is 9.81. The van der Waals surface area contributed by atoms with Crippen LogP contribution in [0.3, 0.4) is 0 Å². The minimum absolute atomic E-state index is 0.344. The molecular formula is C21H25N5O2S. The van der Waals surface area contributed by atoms with Crippen molar-refractivity contribution in [3.05, 3.63) is 54.4 Å². The lowest BCUT2D eigenvalue weighted by Gasteiger charge is -2.34. The summed E-state index contributed by atoms with van der Waals surface area (Å²) in [5, 5.41) is 5.18. The van der Waals surface area contributed by atoms with Crippen LogP contribution in [-0.2, 0) is 10.0 Å². The maximum Gasteiger partial charge on any atom is 0.243 e. The van der Waals surface area contributed by atoms with Crippen LogP contribution >= 0.6 is 0 Å². The van der Waals surface area contributed by atoms with Crippen LogP contribution in [0.2, 0.25) is 0 Å². The zero-order valence-corrected chi connectivity index (χ0v) is 17.5. The number of anilines is 2. The van der Waals surface area contributed by atoms with Crippen LogP contribution < -0.4 is 10.2 Å². The summed E-state index contributed by atoms with van der Waals surface area (Å²) in [4.78, 5) is 11.4. The van der Waals surface area contributed by atoms with E-state index in [0.717, 1.165) is 29.0 Å². The molecule has 8 heteroatoms. The van der Waals surface area contributed by atoms with Crippen molar-refractivity contribution in [2.45, 2.75) is 18.7 Å². The van der Waals surface area contributed by atoms with Gasteiger partial charge < -0.3 is 10.2 Å². The van der Waals surface area contributed by atoms with Crippen molar-refractivity contribution in [3.63, 3.8) is 0 Å². The van der Waals surface area contributed by atoms with E-state index in [0.29, 0.717) is 36.9 Å². The zero-order valence-electron chi connectivity index (χ0n) is 16.7. The molecule has 3 aromatic rings. The summed E-state index contributed by atoms with van der Waals surface area (Å²) < 4.78 is 27.8. The second-order valence-corrected chi connectivity index (χ2v) is 9.03. The van der Waals surface area contributed by atoms with Crippen molar-refractivity contribution >= 4 is 32.4 Å². The molecule has 0 atom stereocenters. The van der Waals surface area contributed by atoms with Gasteiger partial charge in [-0.15, -0.1) is 0 Å². The molecule has 0 saturated carbocycles. The Hall–Kier alpha value is -2.71. The third-order valence-corrected chi connectivity index (χ3v) is 7.00. The van der Waals surface area contributed by atoms with Gasteiger partial charge >= 0.3 is 0 Å². The van der Waals surface area contributed by atoms with Crippen LogP contribution in [0.5, 0.6) is 0 Å². The van der Waals surface area contributed by atoms with Gasteiger partial charge in [-0.2, -0.15) is 4.31 Å². The van der Waals surface area contributed by atoms with Gasteiger partial charge in [0.15, 0.2) is 0 Å². The maximum atomic E-state index is 13.1. The number of fused-ring (bicyclic) bond motifs is 1. The van der Waals surface area contributed by atoms with Crippen LogP contribution in [0.1, 0.15) is 12.7 Å². The summed E-state index contributed by atoms with van der Waals surface area (Å²) in [5.74, 6) is 2.32. The molecule has 1 aliphatic rings. The Morgan fingerprint density at radius 1 is 0.966 bits per heavy atom. The molecule has 1 fully saturated rings. The summed E-state index contributed by atoms with van der Waals surface area (Å²) in [7, 11) is -3.52. The van der Waals surface area contributed by atoms with E-state index in [1.54, 1.807) is 16.4 Å². The highest BCUT2D eigenvalue weighted by Gasteiger charge is 2.29. The quantitative estimate of drug-likeness (QED) is 0.696. The molecular weight excluding hydrogens is 386 g/mol. The lowest BCUT2D eigenvalue weighted by molar-refractivity contribution is 0.383. The molecule has 1 aromatic heterocycles. The fourth-order valence-corrected chi connectivity index (χ4v) is 5.08. The van der Waals surface area contributed by atoms with Gasteiger partial charge in [-0.05, 0) is 36.8 Å². The van der Waals surface area contributed by atoms with E-state index in [9.17, 15) is 8.42 Å². The average molecular weight is 412 g/mol. The van der Waals surface area contributed by atoms with E-state index in [1.807, 2.05) is 50.2 Å². The number of rotatable bonds is 5. The highest BCUT2D eigenvalue weighted by Crippen LogP contribution is 2.24. The van der Waals surface area contributed by atoms with Gasteiger partial charge in [0, 0.05) is 38.8 Å². The second-order valence-electron chi connectivity index (χ2n) is 7.09. The molecule has 2 aromatic carbocycles. The number of nitrogens with one attached hydrogen (secondary N) is 1. The molecule has 0 spiro atoms. The average Bonchev–Trinajstić information content (AvgIpc) is 2.73. The third-order valence-electron chi connectivity index (χ3n) is 5.10. The Morgan fingerprint density at radius 3 is 2.41 bits per heavy atom. The number of benzene rings is 2. The molecule has 1 saturated heterocycles. The van der Waals surface area contributed by atoms with Crippen molar-refractivity contribution < 1.29 is 8.42 Å². The van der Waals surface area contributed by atoms with Crippen molar-refractivity contribution in [2.24, 2.45) is 0 Å². The van der Waals surface area contributed by atoms with Crippen molar-refractivity contribution in [3.8, 4) is 0 Å². The Labute approximate surface area is 171 Å². The molecule has 2 heterocycles. The van der Waals surface area contributed by atoms with Crippen molar-refractivity contribution in [1.82, 2.24) is 14.3 Å². The van der Waals surface area contributed by atoms with Crippen LogP contribution in [0.4, 0.5) is 11.6 Å². The third kappa shape index (κ3) is 4.04. The molecule has 29 heavy (non-hydrogen) atoms. The van der Waals surface area contributed by atoms with Gasteiger partial charge in [0.2, 0.25) is 10.0 Å². The number of hydrogen-bond acceptors (Lipinski definition) is 6. The van der Waals surface area contributed by atoms with Crippen LogP contribution in [0.15, 0.2) is 53.4 Å². The predicted molar refractivity (Wildman–Crippen MR) is 116 cm³/mol. The molecule has 0 bridgehead atoms. The Kier molecular flexibility index (Phi) is 5.38. The SMILES string of the molecule is CCNc1cc(N2CCN(S(=O)(=O)c3ccc4ccccc4c3)CC2)nc(C)n1. The molecule has 152 valence electrons. The molecule has 0 amide bonds. The summed E-state index contributed by atoms with van der Waals surface area (Å²) in [6.07, 6.45) is 0. The first kappa shape index (κ1) is 19.6. The minimum Gasteiger partial charge on any atom is -0.370 e. The number of aromatic nitrogens is 2. The molecule has 7 nitrogen and oxygen atoms in total. The van der Waals surface area contributed by atoms with Crippen LogP contribution in [0, 0.1) is 6.92 Å². The van der Waals surface area contributed by atoms with Crippen molar-refractivity contribution in [2.75, 3.05) is 42.9 Å². The fourth-order valence-electron chi connectivity index (χ4n) is 3.62. The van der Waals surface area contributed by atoms with E-state index < -0.39 is 10.0 Å². The first-order valence-corrected chi connectivity index (χ1v) is 11.2. The van der Waals surface area contributed by atoms with E-state index in [1.165, 1.54) is 0 Å². The van der Waals surface area contributed by atoms with Gasteiger partial charge in [-0.3, -0.25) is 0 Å².